The van der Waals surface area contributed by atoms with Gasteiger partial charge in [0, 0.05) is 22.9 Å². The first kappa shape index (κ1) is 11.4. The van der Waals surface area contributed by atoms with Crippen molar-refractivity contribution in [2.75, 3.05) is 5.32 Å². The topological polar surface area (TPSA) is 12.0 Å². The average molecular weight is 260 g/mol. The van der Waals surface area contributed by atoms with Gasteiger partial charge in [-0.2, -0.15) is 0 Å². The van der Waals surface area contributed by atoms with Crippen molar-refractivity contribution in [1.29, 1.82) is 0 Å². The molecule has 0 unspecified atom stereocenters. The third-order valence-corrected chi connectivity index (χ3v) is 3.29. The minimum Gasteiger partial charge on any atom is -0.378 e. The molecule has 0 aliphatic carbocycles. The van der Waals surface area contributed by atoms with Gasteiger partial charge in [0.2, 0.25) is 0 Å². The van der Waals surface area contributed by atoms with Crippen LogP contribution in [-0.4, -0.2) is 0 Å². The number of hydrogen-bond acceptors (Lipinski definition) is 2. The number of anilines is 1. The van der Waals surface area contributed by atoms with Crippen LogP contribution >= 0.6 is 22.9 Å². The second-order valence-corrected chi connectivity index (χ2v) is 4.64. The molecule has 0 bridgehead atoms. The van der Waals surface area contributed by atoms with Crippen LogP contribution < -0.4 is 5.32 Å². The summed E-state index contributed by atoms with van der Waals surface area (Å²) in [4.78, 5) is 0.994. The summed E-state index contributed by atoms with van der Waals surface area (Å²) >= 11 is 7.24. The van der Waals surface area contributed by atoms with Gasteiger partial charge in [0.15, 0.2) is 0 Å². The molecule has 0 spiro atoms. The van der Waals surface area contributed by atoms with Gasteiger partial charge in [-0.25, -0.2) is 8.78 Å². The summed E-state index contributed by atoms with van der Waals surface area (Å²) in [6.07, 6.45) is 0. The van der Waals surface area contributed by atoms with E-state index in [9.17, 15) is 8.78 Å². The number of hydrogen-bond donors (Lipinski definition) is 1. The van der Waals surface area contributed by atoms with Crippen LogP contribution in [0.3, 0.4) is 0 Å². The summed E-state index contributed by atoms with van der Waals surface area (Å²) < 4.78 is 25.9. The Morgan fingerprint density at radius 3 is 2.69 bits per heavy atom. The van der Waals surface area contributed by atoms with Gasteiger partial charge in [0.05, 0.1) is 10.7 Å². The van der Waals surface area contributed by atoms with Gasteiger partial charge < -0.3 is 5.32 Å². The lowest BCUT2D eigenvalue weighted by molar-refractivity contribution is 0.585. The molecule has 0 aliphatic heterocycles. The van der Waals surface area contributed by atoms with E-state index in [1.165, 1.54) is 23.5 Å². The predicted molar refractivity (Wildman–Crippen MR) is 63.0 cm³/mol. The van der Waals surface area contributed by atoms with Gasteiger partial charge in [0.1, 0.15) is 11.6 Å². The van der Waals surface area contributed by atoms with Crippen molar-refractivity contribution < 1.29 is 8.78 Å². The summed E-state index contributed by atoms with van der Waals surface area (Å²) in [6, 6.07) is 5.25. The minimum atomic E-state index is -0.595. The lowest BCUT2D eigenvalue weighted by Gasteiger charge is -2.05. The molecule has 2 rings (SSSR count). The van der Waals surface area contributed by atoms with Crippen LogP contribution in [-0.2, 0) is 6.54 Å². The number of nitrogens with one attached hydrogen (secondary N) is 1. The largest absolute Gasteiger partial charge is 0.378 e. The highest BCUT2D eigenvalue weighted by atomic mass is 35.5. The Bertz CT molecular complexity index is 498. The molecule has 2 aromatic rings. The second kappa shape index (κ2) is 4.80. The van der Waals surface area contributed by atoms with Gasteiger partial charge in [-0.3, -0.25) is 0 Å². The van der Waals surface area contributed by atoms with Crippen molar-refractivity contribution in [3.8, 4) is 0 Å². The van der Waals surface area contributed by atoms with Crippen molar-refractivity contribution in [1.82, 2.24) is 0 Å². The van der Waals surface area contributed by atoms with E-state index in [1.54, 1.807) is 11.4 Å². The Balaban J connectivity index is 2.04. The molecule has 5 heteroatoms. The first-order valence-electron chi connectivity index (χ1n) is 4.57. The molecule has 84 valence electrons. The van der Waals surface area contributed by atoms with Crippen LogP contribution in [0.2, 0.25) is 5.02 Å². The molecule has 0 fully saturated rings. The Morgan fingerprint density at radius 2 is 2.06 bits per heavy atom. The Hall–Kier alpha value is -1.13. The summed E-state index contributed by atoms with van der Waals surface area (Å²) in [5.74, 6) is -1.18. The summed E-state index contributed by atoms with van der Waals surface area (Å²) in [6.45, 7) is 0.472. The van der Waals surface area contributed by atoms with Crippen LogP contribution in [0.4, 0.5) is 14.5 Å². The first-order chi connectivity index (χ1) is 7.65. The average Bonchev–Trinajstić information content (AvgIpc) is 2.63. The fraction of sp³-hybridized carbons (Fsp3) is 0.0909. The van der Waals surface area contributed by atoms with Gasteiger partial charge in [-0.05, 0) is 18.2 Å². The molecule has 1 nitrogen and oxygen atoms in total. The summed E-state index contributed by atoms with van der Waals surface area (Å²) in [7, 11) is 0. The van der Waals surface area contributed by atoms with Crippen LogP contribution in [0.25, 0.3) is 0 Å². The van der Waals surface area contributed by atoms with Crippen LogP contribution in [0.1, 0.15) is 4.88 Å². The molecule has 0 saturated heterocycles. The predicted octanol–water partition coefficient (Wildman–Crippen LogP) is 4.29. The van der Waals surface area contributed by atoms with Gasteiger partial charge in [0.25, 0.3) is 0 Å². The van der Waals surface area contributed by atoms with E-state index in [1.807, 2.05) is 0 Å². The summed E-state index contributed by atoms with van der Waals surface area (Å²) in [5.41, 5.74) is 0.283. The van der Waals surface area contributed by atoms with Gasteiger partial charge in [-0.15, -0.1) is 11.3 Å². The first-order valence-corrected chi connectivity index (χ1v) is 5.83. The molecule has 0 aliphatic rings. The monoisotopic (exact) mass is 259 g/mol. The third kappa shape index (κ3) is 2.71. The van der Waals surface area contributed by atoms with Crippen molar-refractivity contribution in [2.24, 2.45) is 0 Å². The van der Waals surface area contributed by atoms with Crippen molar-refractivity contribution in [3.05, 3.63) is 51.2 Å². The fourth-order valence-electron chi connectivity index (χ4n) is 1.26. The highest BCUT2D eigenvalue weighted by Gasteiger charge is 2.04. The molecule has 1 aromatic heterocycles. The van der Waals surface area contributed by atoms with Gasteiger partial charge >= 0.3 is 0 Å². The Kier molecular flexibility index (Phi) is 3.41. The SMILES string of the molecule is Fc1ccc(NCc2cc(Cl)cs2)c(F)c1. The van der Waals surface area contributed by atoms with Crippen molar-refractivity contribution in [2.45, 2.75) is 6.54 Å². The normalized spacial score (nSPS) is 10.4. The quantitative estimate of drug-likeness (QED) is 0.867. The van der Waals surface area contributed by atoms with E-state index in [0.717, 1.165) is 10.9 Å². The molecule has 1 N–H and O–H groups in total. The number of halogens is 3. The van der Waals surface area contributed by atoms with Gasteiger partial charge in [-0.1, -0.05) is 11.6 Å². The molecule has 0 radical (unpaired) electrons. The Labute approximate surface area is 101 Å². The lowest BCUT2D eigenvalue weighted by Crippen LogP contribution is -2.00. The van der Waals surface area contributed by atoms with Crippen molar-refractivity contribution in [3.63, 3.8) is 0 Å². The zero-order chi connectivity index (χ0) is 11.5. The van der Waals surface area contributed by atoms with Crippen molar-refractivity contribution >= 4 is 28.6 Å². The highest BCUT2D eigenvalue weighted by Crippen LogP contribution is 2.21. The van der Waals surface area contributed by atoms with E-state index in [0.29, 0.717) is 11.6 Å². The molecule has 1 heterocycles. The Morgan fingerprint density at radius 1 is 1.25 bits per heavy atom. The molecule has 0 atom stereocenters. The van der Waals surface area contributed by atoms with Crippen LogP contribution in [0.5, 0.6) is 0 Å². The fourth-order valence-corrected chi connectivity index (χ4v) is 2.27. The maximum absolute atomic E-state index is 13.2. The molecular weight excluding hydrogens is 252 g/mol. The summed E-state index contributed by atoms with van der Waals surface area (Å²) in [5, 5.41) is 5.35. The van der Waals surface area contributed by atoms with E-state index in [4.69, 9.17) is 11.6 Å². The molecular formula is C11H8ClF2NS. The molecule has 1 aromatic carbocycles. The maximum atomic E-state index is 13.2. The lowest BCUT2D eigenvalue weighted by atomic mass is 10.3. The van der Waals surface area contributed by atoms with Crippen LogP contribution in [0, 0.1) is 11.6 Å². The highest BCUT2D eigenvalue weighted by molar-refractivity contribution is 7.10. The number of thiophene rings is 1. The molecule has 16 heavy (non-hydrogen) atoms. The zero-order valence-corrected chi connectivity index (χ0v) is 9.71. The minimum absolute atomic E-state index is 0.283. The van der Waals surface area contributed by atoms with E-state index >= 15 is 0 Å². The second-order valence-electron chi connectivity index (χ2n) is 3.21. The zero-order valence-electron chi connectivity index (χ0n) is 8.14. The van der Waals surface area contributed by atoms with E-state index < -0.39 is 11.6 Å². The molecule has 0 amide bonds. The van der Waals surface area contributed by atoms with Crippen LogP contribution in [0.15, 0.2) is 29.6 Å². The maximum Gasteiger partial charge on any atom is 0.149 e. The molecule has 0 saturated carbocycles. The van der Waals surface area contributed by atoms with E-state index in [2.05, 4.69) is 5.32 Å². The van der Waals surface area contributed by atoms with E-state index in [-0.39, 0.29) is 5.69 Å². The number of rotatable bonds is 3. The standard InChI is InChI=1S/C11H8ClF2NS/c12-7-3-9(16-6-7)5-15-11-2-1-8(13)4-10(11)14/h1-4,6,15H,5H2. The smallest absolute Gasteiger partial charge is 0.149 e. The third-order valence-electron chi connectivity index (χ3n) is 2.01. The number of benzene rings is 1.